The van der Waals surface area contributed by atoms with Crippen molar-refractivity contribution in [3.63, 3.8) is 0 Å². The van der Waals surface area contributed by atoms with E-state index in [0.717, 1.165) is 53.5 Å². The second-order valence-electron chi connectivity index (χ2n) is 7.68. The fourth-order valence-corrected chi connectivity index (χ4v) is 3.52. The van der Waals surface area contributed by atoms with Gasteiger partial charge in [0.15, 0.2) is 0 Å². The summed E-state index contributed by atoms with van der Waals surface area (Å²) in [6.45, 7) is 3.43. The molecule has 0 aliphatic rings. The summed E-state index contributed by atoms with van der Waals surface area (Å²) in [5.41, 5.74) is 6.36. The Morgan fingerprint density at radius 2 is 1.88 bits per heavy atom. The summed E-state index contributed by atoms with van der Waals surface area (Å²) in [5, 5.41) is 16.9. The Hall–Kier alpha value is -4.11. The van der Waals surface area contributed by atoms with Crippen LogP contribution in [0.3, 0.4) is 0 Å². The molecule has 0 aliphatic heterocycles. The van der Waals surface area contributed by atoms with Gasteiger partial charge in [-0.2, -0.15) is 10.4 Å². The summed E-state index contributed by atoms with van der Waals surface area (Å²) in [4.78, 5) is 4.21. The lowest BCUT2D eigenvalue weighted by Gasteiger charge is -2.10. The molecule has 0 radical (unpaired) electrons. The molecule has 1 N–H and O–H groups in total. The number of pyridine rings is 1. The topological polar surface area (TPSA) is 75.8 Å². The van der Waals surface area contributed by atoms with E-state index >= 15 is 0 Å². The number of aryl methyl sites for hydroxylation is 1. The molecule has 0 saturated carbocycles. The quantitative estimate of drug-likeness (QED) is 0.318. The first-order chi connectivity index (χ1) is 16.3. The molecule has 0 bridgehead atoms. The van der Waals surface area contributed by atoms with Crippen LogP contribution in [0, 0.1) is 11.3 Å². The van der Waals surface area contributed by atoms with Crippen LogP contribution in [0.4, 0.5) is 5.69 Å². The molecule has 4 aromatic rings. The van der Waals surface area contributed by atoms with Crippen molar-refractivity contribution in [3.8, 4) is 28.8 Å². The van der Waals surface area contributed by atoms with Gasteiger partial charge in [-0.25, -0.2) is 4.68 Å². The minimum Gasteiger partial charge on any atom is -0.494 e. The van der Waals surface area contributed by atoms with Gasteiger partial charge in [-0.05, 0) is 73.0 Å². The second-order valence-corrected chi connectivity index (χ2v) is 7.68. The van der Waals surface area contributed by atoms with Crippen molar-refractivity contribution in [1.82, 2.24) is 14.8 Å². The molecule has 6 nitrogen and oxygen atoms in total. The highest BCUT2D eigenvalue weighted by molar-refractivity contribution is 5.59. The molecular weight excluding hydrogens is 410 g/mol. The van der Waals surface area contributed by atoms with Gasteiger partial charge in [0.2, 0.25) is 0 Å². The Kier molecular flexibility index (Phi) is 7.34. The first-order valence-corrected chi connectivity index (χ1v) is 11.2. The fraction of sp³-hybridized carbons (Fsp3) is 0.222. The van der Waals surface area contributed by atoms with Crippen molar-refractivity contribution < 1.29 is 4.74 Å². The maximum Gasteiger partial charge on any atom is 0.119 e. The highest BCUT2D eigenvalue weighted by Crippen LogP contribution is 2.22. The van der Waals surface area contributed by atoms with Crippen LogP contribution >= 0.6 is 0 Å². The number of hydrogen-bond acceptors (Lipinski definition) is 5. The van der Waals surface area contributed by atoms with Crippen LogP contribution in [0.15, 0.2) is 79.1 Å². The summed E-state index contributed by atoms with van der Waals surface area (Å²) >= 11 is 0. The van der Waals surface area contributed by atoms with Gasteiger partial charge in [0.1, 0.15) is 5.75 Å². The number of nitrogens with one attached hydrogen (secondary N) is 1. The molecule has 2 aromatic carbocycles. The van der Waals surface area contributed by atoms with Crippen molar-refractivity contribution in [2.24, 2.45) is 0 Å². The van der Waals surface area contributed by atoms with Gasteiger partial charge in [-0.3, -0.25) is 4.98 Å². The van der Waals surface area contributed by atoms with E-state index in [9.17, 15) is 0 Å². The van der Waals surface area contributed by atoms with Crippen molar-refractivity contribution >= 4 is 5.69 Å². The first kappa shape index (κ1) is 22.1. The van der Waals surface area contributed by atoms with Gasteiger partial charge in [0.25, 0.3) is 0 Å². The monoisotopic (exact) mass is 437 g/mol. The predicted octanol–water partition coefficient (Wildman–Crippen LogP) is 5.79. The van der Waals surface area contributed by atoms with E-state index in [2.05, 4.69) is 65.8 Å². The van der Waals surface area contributed by atoms with Gasteiger partial charge in [-0.1, -0.05) is 19.1 Å². The molecule has 0 saturated heterocycles. The molecule has 2 aromatic heterocycles. The van der Waals surface area contributed by atoms with E-state index in [0.29, 0.717) is 13.0 Å². The number of anilines is 1. The zero-order valence-electron chi connectivity index (χ0n) is 18.7. The van der Waals surface area contributed by atoms with Crippen LogP contribution in [0.2, 0.25) is 0 Å². The van der Waals surface area contributed by atoms with E-state index in [1.165, 1.54) is 5.56 Å². The highest BCUT2D eigenvalue weighted by atomic mass is 16.5. The SMILES string of the molecule is CCc1cc(-c2cccnc2)nn1-c1ccc(NCc2ccc(OCCCC#N)cc2)cc1. The minimum absolute atomic E-state index is 0.520. The summed E-state index contributed by atoms with van der Waals surface area (Å²) < 4.78 is 7.65. The molecule has 0 spiro atoms. The third-order valence-corrected chi connectivity index (χ3v) is 5.34. The van der Waals surface area contributed by atoms with E-state index in [1.54, 1.807) is 6.20 Å². The third-order valence-electron chi connectivity index (χ3n) is 5.34. The molecule has 0 amide bonds. The Bertz CT molecular complexity index is 1190. The summed E-state index contributed by atoms with van der Waals surface area (Å²) in [6, 6.07) is 24.6. The standard InChI is InChI=1S/C27H27N5O/c1-2-24-18-27(22-6-5-16-29-20-22)31-32(24)25-11-9-23(10-12-25)30-19-21-7-13-26(14-8-21)33-17-4-3-15-28/h5-14,16,18,20,30H,2-4,17,19H2,1H3. The van der Waals surface area contributed by atoms with Crippen LogP contribution in [-0.4, -0.2) is 21.4 Å². The minimum atomic E-state index is 0.520. The van der Waals surface area contributed by atoms with Crippen LogP contribution in [-0.2, 0) is 13.0 Å². The molecule has 0 atom stereocenters. The predicted molar refractivity (Wildman–Crippen MR) is 130 cm³/mol. The number of ether oxygens (including phenoxy) is 1. The maximum absolute atomic E-state index is 8.57. The molecule has 6 heteroatoms. The number of aromatic nitrogens is 3. The Labute approximate surface area is 194 Å². The van der Waals surface area contributed by atoms with Crippen LogP contribution in [0.1, 0.15) is 31.0 Å². The lowest BCUT2D eigenvalue weighted by atomic mass is 10.2. The van der Waals surface area contributed by atoms with E-state index in [-0.39, 0.29) is 0 Å². The number of nitriles is 1. The second kappa shape index (κ2) is 11.0. The molecular formula is C27H27N5O. The van der Waals surface area contributed by atoms with E-state index < -0.39 is 0 Å². The van der Waals surface area contributed by atoms with E-state index in [1.807, 2.05) is 35.1 Å². The molecule has 0 fully saturated rings. The average molecular weight is 438 g/mol. The van der Waals surface area contributed by atoms with E-state index in [4.69, 9.17) is 15.1 Å². The van der Waals surface area contributed by atoms with Crippen LogP contribution in [0.5, 0.6) is 5.75 Å². The number of hydrogen-bond donors (Lipinski definition) is 1. The van der Waals surface area contributed by atoms with Crippen molar-refractivity contribution in [2.75, 3.05) is 11.9 Å². The molecule has 166 valence electrons. The van der Waals surface area contributed by atoms with Gasteiger partial charge in [0.05, 0.1) is 24.1 Å². The summed E-state index contributed by atoms with van der Waals surface area (Å²) in [7, 11) is 0. The largest absolute Gasteiger partial charge is 0.494 e. The number of benzene rings is 2. The zero-order valence-corrected chi connectivity index (χ0v) is 18.7. The van der Waals surface area contributed by atoms with Crippen LogP contribution < -0.4 is 10.1 Å². The Morgan fingerprint density at radius 1 is 1.06 bits per heavy atom. The van der Waals surface area contributed by atoms with Gasteiger partial charge in [0, 0.05) is 42.3 Å². The first-order valence-electron chi connectivity index (χ1n) is 11.2. The number of nitrogens with zero attached hydrogens (tertiary/aromatic N) is 4. The van der Waals surface area contributed by atoms with Crippen molar-refractivity contribution in [1.29, 1.82) is 5.26 Å². The molecule has 0 aliphatic carbocycles. The third kappa shape index (κ3) is 5.78. The fourth-order valence-electron chi connectivity index (χ4n) is 3.52. The molecule has 2 heterocycles. The smallest absolute Gasteiger partial charge is 0.119 e. The zero-order chi connectivity index (χ0) is 22.9. The maximum atomic E-state index is 8.57. The average Bonchev–Trinajstić information content (AvgIpc) is 3.32. The molecule has 4 rings (SSSR count). The lowest BCUT2D eigenvalue weighted by molar-refractivity contribution is 0.312. The number of rotatable bonds is 10. The van der Waals surface area contributed by atoms with Gasteiger partial charge in [-0.15, -0.1) is 0 Å². The highest BCUT2D eigenvalue weighted by Gasteiger charge is 2.10. The normalized spacial score (nSPS) is 10.5. The van der Waals surface area contributed by atoms with Crippen molar-refractivity contribution in [3.05, 3.63) is 90.4 Å². The molecule has 0 unspecified atom stereocenters. The lowest BCUT2D eigenvalue weighted by Crippen LogP contribution is -2.03. The van der Waals surface area contributed by atoms with Crippen molar-refractivity contribution in [2.45, 2.75) is 32.7 Å². The van der Waals surface area contributed by atoms with Gasteiger partial charge >= 0.3 is 0 Å². The summed E-state index contributed by atoms with van der Waals surface area (Å²) in [5.74, 6) is 0.831. The Balaban J connectivity index is 1.37. The molecule has 33 heavy (non-hydrogen) atoms. The van der Waals surface area contributed by atoms with Gasteiger partial charge < -0.3 is 10.1 Å². The Morgan fingerprint density at radius 3 is 2.58 bits per heavy atom. The van der Waals surface area contributed by atoms with Crippen LogP contribution in [0.25, 0.3) is 16.9 Å². The summed E-state index contributed by atoms with van der Waals surface area (Å²) in [6.07, 6.45) is 5.78. The number of unbranched alkanes of at least 4 members (excludes halogenated alkanes) is 1.